The number of ether oxygens (including phenoxy) is 3. The maximum atomic E-state index is 13.1. The molecule has 2 fully saturated rings. The van der Waals surface area contributed by atoms with Crippen molar-refractivity contribution in [2.24, 2.45) is 11.3 Å². The Morgan fingerprint density at radius 2 is 1.60 bits per heavy atom. The van der Waals surface area contributed by atoms with Crippen LogP contribution in [0, 0.1) is 11.3 Å². The number of carbonyl (C=O) groups excluding carboxylic acids is 2. The van der Waals surface area contributed by atoms with E-state index < -0.39 is 5.41 Å². The molecule has 2 heterocycles. The van der Waals surface area contributed by atoms with E-state index in [-0.39, 0.29) is 48.7 Å². The number of fused-ring (bicyclic) bond motifs is 2. The minimum absolute atomic E-state index is 0.0102. The topological polar surface area (TPSA) is 61.8 Å². The number of hydrogen-bond acceptors (Lipinski definition) is 6. The van der Waals surface area contributed by atoms with Gasteiger partial charge < -0.3 is 14.2 Å². The number of rotatable bonds is 7. The van der Waals surface area contributed by atoms with Gasteiger partial charge in [0.15, 0.2) is 0 Å². The van der Waals surface area contributed by atoms with Crippen molar-refractivity contribution in [2.45, 2.75) is 30.9 Å². The van der Waals surface area contributed by atoms with E-state index in [0.29, 0.717) is 12.4 Å². The van der Waals surface area contributed by atoms with E-state index in [1.54, 1.807) is 11.8 Å². The lowest BCUT2D eigenvalue weighted by molar-refractivity contribution is -0.166. The van der Waals surface area contributed by atoms with Crippen LogP contribution in [0.2, 0.25) is 0 Å². The number of thioether (sulfide) groups is 1. The van der Waals surface area contributed by atoms with Crippen molar-refractivity contribution in [2.75, 3.05) is 12.4 Å². The highest BCUT2D eigenvalue weighted by Crippen LogP contribution is 2.53. The molecule has 0 aliphatic carbocycles. The second-order valence-electron chi connectivity index (χ2n) is 8.05. The molecule has 2 aliphatic heterocycles. The molecule has 4 rings (SSSR count). The number of hydrogen-bond donors (Lipinski definition) is 0. The molecule has 2 aromatic rings. The molecule has 0 radical (unpaired) electrons. The van der Waals surface area contributed by atoms with Gasteiger partial charge >= 0.3 is 11.9 Å². The molecule has 3 unspecified atom stereocenters. The van der Waals surface area contributed by atoms with Crippen molar-refractivity contribution in [3.05, 3.63) is 71.8 Å². The summed E-state index contributed by atoms with van der Waals surface area (Å²) >= 11 is 1.70. The molecule has 0 N–H and O–H groups in total. The van der Waals surface area contributed by atoms with E-state index in [1.807, 2.05) is 68.5 Å². The van der Waals surface area contributed by atoms with Gasteiger partial charge in [-0.05, 0) is 11.1 Å². The summed E-state index contributed by atoms with van der Waals surface area (Å²) in [7, 11) is 1.98. The van der Waals surface area contributed by atoms with Gasteiger partial charge in [-0.1, -0.05) is 60.7 Å². The molecular formula is C23H25BO5S. The highest BCUT2D eigenvalue weighted by molar-refractivity contribution is 8.00. The quantitative estimate of drug-likeness (QED) is 0.503. The maximum Gasteiger partial charge on any atom is 0.311 e. The Balaban J connectivity index is 1.42. The van der Waals surface area contributed by atoms with Gasteiger partial charge in [-0.3, -0.25) is 9.59 Å². The summed E-state index contributed by atoms with van der Waals surface area (Å²) in [6, 6.07) is 19.2. The van der Waals surface area contributed by atoms with Crippen LogP contribution in [0.3, 0.4) is 0 Å². The van der Waals surface area contributed by atoms with Gasteiger partial charge in [0.2, 0.25) is 0 Å². The summed E-state index contributed by atoms with van der Waals surface area (Å²) in [5.74, 6) is -0.244. The van der Waals surface area contributed by atoms with Crippen LogP contribution in [0.15, 0.2) is 60.7 Å². The molecule has 5 nitrogen and oxygen atoms in total. The first-order valence-corrected chi connectivity index (χ1v) is 11.3. The van der Waals surface area contributed by atoms with Crippen molar-refractivity contribution >= 4 is 31.5 Å². The summed E-state index contributed by atoms with van der Waals surface area (Å²) in [4.78, 5) is 25.8. The van der Waals surface area contributed by atoms with E-state index in [1.165, 1.54) is 0 Å². The zero-order chi connectivity index (χ0) is 21.0. The Hall–Kier alpha value is -2.25. The number of benzene rings is 2. The van der Waals surface area contributed by atoms with Gasteiger partial charge in [0, 0.05) is 22.4 Å². The summed E-state index contributed by atoms with van der Waals surface area (Å²) < 4.78 is 17.1. The van der Waals surface area contributed by atoms with E-state index in [4.69, 9.17) is 14.2 Å². The van der Waals surface area contributed by atoms with E-state index in [2.05, 4.69) is 0 Å². The van der Waals surface area contributed by atoms with Crippen LogP contribution in [-0.2, 0) is 37.0 Å². The highest BCUT2D eigenvalue weighted by atomic mass is 32.2. The first kappa shape index (κ1) is 21.0. The normalized spacial score (nSPS) is 27.4. The lowest BCUT2D eigenvalue weighted by atomic mass is 9.68. The third kappa shape index (κ3) is 4.57. The molecular weight excluding hydrogens is 399 g/mol. The minimum atomic E-state index is -0.580. The lowest BCUT2D eigenvalue weighted by Gasteiger charge is -2.40. The third-order valence-corrected chi connectivity index (χ3v) is 7.65. The van der Waals surface area contributed by atoms with Crippen LogP contribution in [0.1, 0.15) is 17.5 Å². The number of esters is 2. The smallest absolute Gasteiger partial charge is 0.311 e. The average molecular weight is 424 g/mol. The van der Waals surface area contributed by atoms with Crippen molar-refractivity contribution in [3.63, 3.8) is 0 Å². The fraction of sp³-hybridized carbons (Fsp3) is 0.391. The Morgan fingerprint density at radius 1 is 1.00 bits per heavy atom. The van der Waals surface area contributed by atoms with Crippen molar-refractivity contribution in [1.29, 1.82) is 0 Å². The Morgan fingerprint density at radius 3 is 2.23 bits per heavy atom. The summed E-state index contributed by atoms with van der Waals surface area (Å²) in [5, 5.41) is -0.0102. The van der Waals surface area contributed by atoms with Crippen molar-refractivity contribution < 1.29 is 23.8 Å². The Labute approximate surface area is 181 Å². The molecule has 0 aromatic heterocycles. The molecule has 2 aromatic carbocycles. The van der Waals surface area contributed by atoms with Crippen LogP contribution >= 0.6 is 11.8 Å². The van der Waals surface area contributed by atoms with E-state index in [0.717, 1.165) is 11.1 Å². The fourth-order valence-electron chi connectivity index (χ4n) is 4.22. The van der Waals surface area contributed by atoms with Crippen LogP contribution in [-0.4, -0.2) is 43.4 Å². The van der Waals surface area contributed by atoms with Gasteiger partial charge in [-0.15, -0.1) is 0 Å². The maximum absolute atomic E-state index is 13.1. The minimum Gasteiger partial charge on any atom is -0.461 e. The third-order valence-electron chi connectivity index (χ3n) is 5.86. The molecule has 0 amide bonds. The number of carbonyl (C=O) groups is 2. The van der Waals surface area contributed by atoms with Crippen molar-refractivity contribution in [3.8, 4) is 0 Å². The molecule has 0 saturated carbocycles. The van der Waals surface area contributed by atoms with Crippen LogP contribution in [0.25, 0.3) is 0 Å². The van der Waals surface area contributed by atoms with Gasteiger partial charge in [0.05, 0.1) is 18.9 Å². The average Bonchev–Trinajstić information content (AvgIpc) is 3.07. The lowest BCUT2D eigenvalue weighted by Crippen LogP contribution is -2.52. The summed E-state index contributed by atoms with van der Waals surface area (Å²) in [6.07, 6.45) is 0.154. The predicted molar refractivity (Wildman–Crippen MR) is 118 cm³/mol. The zero-order valence-electron chi connectivity index (χ0n) is 17.0. The Bertz CT molecular complexity index is 878. The van der Waals surface area contributed by atoms with E-state index in [9.17, 15) is 9.59 Å². The summed E-state index contributed by atoms with van der Waals surface area (Å²) in [5.41, 5.74) is 1.31. The molecule has 30 heavy (non-hydrogen) atoms. The highest BCUT2D eigenvalue weighted by Gasteiger charge is 2.59. The molecule has 2 bridgehead atoms. The molecule has 2 saturated heterocycles. The fourth-order valence-corrected chi connectivity index (χ4v) is 6.05. The first-order chi connectivity index (χ1) is 14.6. The standard InChI is InChI=1S/C23H25BO5S/c24-21-20-19(22(26)28-13-17-9-5-2-6-10-17)23(14-29-21,15-30-20)11-18(25)27-12-16-7-3-1-4-8-16/h1-10,19-21H,11-15,24H2/t19?,20?,21-,23?/m1/s1. The van der Waals surface area contributed by atoms with Gasteiger partial charge in [0.25, 0.3) is 0 Å². The van der Waals surface area contributed by atoms with Gasteiger partial charge in [-0.25, -0.2) is 0 Å². The van der Waals surface area contributed by atoms with Crippen molar-refractivity contribution in [1.82, 2.24) is 0 Å². The molecule has 4 atom stereocenters. The van der Waals surface area contributed by atoms with Crippen LogP contribution in [0.4, 0.5) is 0 Å². The second kappa shape index (κ2) is 9.27. The van der Waals surface area contributed by atoms with Crippen LogP contribution < -0.4 is 0 Å². The van der Waals surface area contributed by atoms with Crippen LogP contribution in [0.5, 0.6) is 0 Å². The summed E-state index contributed by atoms with van der Waals surface area (Å²) in [6.45, 7) is 0.827. The molecule has 7 heteroatoms. The SMILES string of the molecule is B[C@@H]1OCC2(CC(=O)OCc3ccccc3)CSC1C2C(=O)OCc1ccccc1. The predicted octanol–water partition coefficient (Wildman–Crippen LogP) is 2.57. The Kier molecular flexibility index (Phi) is 6.49. The monoisotopic (exact) mass is 424 g/mol. The molecule has 0 spiro atoms. The first-order valence-electron chi connectivity index (χ1n) is 10.2. The van der Waals surface area contributed by atoms with E-state index >= 15 is 0 Å². The van der Waals surface area contributed by atoms with Gasteiger partial charge in [0.1, 0.15) is 21.1 Å². The molecule has 2 aliphatic rings. The zero-order valence-corrected chi connectivity index (χ0v) is 17.8. The molecule has 156 valence electrons. The second-order valence-corrected chi connectivity index (χ2v) is 9.21. The largest absolute Gasteiger partial charge is 0.461 e. The van der Waals surface area contributed by atoms with Gasteiger partial charge in [-0.2, -0.15) is 11.8 Å².